The van der Waals surface area contributed by atoms with Crippen LogP contribution in [-0.2, 0) is 18.3 Å². The summed E-state index contributed by atoms with van der Waals surface area (Å²) in [5, 5.41) is 10.3. The highest BCUT2D eigenvalue weighted by molar-refractivity contribution is 7.21. The van der Waals surface area contributed by atoms with E-state index in [-0.39, 0.29) is 5.41 Å². The Morgan fingerprint density at radius 2 is 1.08 bits per heavy atom. The second kappa shape index (κ2) is 16.6. The lowest BCUT2D eigenvalue weighted by molar-refractivity contribution is 0.493. The summed E-state index contributed by atoms with van der Waals surface area (Å²) < 4.78 is 7.44. The summed E-state index contributed by atoms with van der Waals surface area (Å²) in [6, 6.07) is 67.7. The fraction of sp³-hybridized carbons (Fsp3) is 0.206. The molecule has 326 valence electrons. The monoisotopic (exact) mass is 873 g/mol. The molecule has 0 aromatic heterocycles. The number of rotatable bonds is 10. The van der Waals surface area contributed by atoms with Crippen molar-refractivity contribution in [3.63, 3.8) is 0 Å². The van der Waals surface area contributed by atoms with Crippen molar-refractivity contribution in [2.45, 2.75) is 85.5 Å². The molecule has 66 heavy (non-hydrogen) atoms. The Kier molecular flexibility index (Phi) is 10.6. The van der Waals surface area contributed by atoms with Crippen LogP contribution in [0.15, 0.2) is 176 Å². The number of unbranched alkanes of at least 4 members (excludes halogenated alkanes) is 2. The summed E-state index contributed by atoms with van der Waals surface area (Å²) in [6.45, 7) is 13.8. The molecule has 0 radical (unpaired) electrons. The van der Waals surface area contributed by atoms with Crippen molar-refractivity contribution in [1.29, 1.82) is 0 Å². The van der Waals surface area contributed by atoms with Crippen LogP contribution >= 0.6 is 0 Å². The summed E-state index contributed by atoms with van der Waals surface area (Å²) in [4.78, 5) is 2.47. The van der Waals surface area contributed by atoms with E-state index in [1.807, 2.05) is 0 Å². The molecule has 2 aliphatic heterocycles. The number of para-hydroxylation sites is 1. The van der Waals surface area contributed by atoms with Crippen LogP contribution in [0.1, 0.15) is 86.8 Å². The zero-order chi connectivity index (χ0) is 45.2. The average molecular weight is 874 g/mol. The van der Waals surface area contributed by atoms with Gasteiger partial charge < -0.3 is 9.64 Å². The van der Waals surface area contributed by atoms with Crippen LogP contribution < -0.4 is 30.4 Å². The van der Waals surface area contributed by atoms with Crippen molar-refractivity contribution in [3.05, 3.63) is 209 Å². The van der Waals surface area contributed by atoms with Gasteiger partial charge >= 0.3 is 0 Å². The van der Waals surface area contributed by atoms with E-state index in [0.29, 0.717) is 0 Å². The minimum Gasteiger partial charge on any atom is -0.457 e. The summed E-state index contributed by atoms with van der Waals surface area (Å²) in [7, 11) is -2.94. The fourth-order valence-electron chi connectivity index (χ4n) is 11.2. The number of fused-ring (bicyclic) bond motifs is 7. The van der Waals surface area contributed by atoms with Crippen LogP contribution in [0.4, 0.5) is 17.1 Å². The molecule has 3 heteroatoms. The van der Waals surface area contributed by atoms with E-state index in [0.717, 1.165) is 35.6 Å². The summed E-state index contributed by atoms with van der Waals surface area (Å²) in [5.41, 5.74) is 13.7. The third kappa shape index (κ3) is 6.82. The molecule has 9 aromatic carbocycles. The van der Waals surface area contributed by atoms with Crippen molar-refractivity contribution in [2.24, 2.45) is 0 Å². The number of anilines is 3. The first kappa shape index (κ1) is 42.0. The van der Waals surface area contributed by atoms with E-state index >= 15 is 0 Å². The van der Waals surface area contributed by atoms with Gasteiger partial charge in [0.15, 0.2) is 8.07 Å². The standard InChI is InChI=1S/C63H59NOSi/c1-7-9-16-44-22-29-52(30-23-44)66(53-31-24-45(25-32-53)17-10-8-2)60-34-27-49(41-59(60)65-62-54-37-43(4)42(3)36-50(54)28-35-61(62)66)48-26-33-57-55(39-48)63(5,6)56-38-46-18-14-15-19-47(46)40-58(56)64(57)51-20-12-11-13-21-51/h11-15,18-41H,7-10,16-17H2,1-6H3. The third-order valence-corrected chi connectivity index (χ3v) is 19.9. The topological polar surface area (TPSA) is 12.5 Å². The van der Waals surface area contributed by atoms with Crippen molar-refractivity contribution >= 4 is 67.4 Å². The van der Waals surface area contributed by atoms with E-state index in [2.05, 4.69) is 222 Å². The first-order valence-electron chi connectivity index (χ1n) is 24.3. The minimum atomic E-state index is -2.94. The number of ether oxygens (including phenoxy) is 1. The Morgan fingerprint density at radius 1 is 0.500 bits per heavy atom. The lowest BCUT2D eigenvalue weighted by atomic mass is 9.72. The maximum atomic E-state index is 7.44. The molecule has 0 N–H and O–H groups in total. The van der Waals surface area contributed by atoms with Crippen molar-refractivity contribution in [2.75, 3.05) is 4.90 Å². The molecule has 9 aromatic rings. The van der Waals surface area contributed by atoms with Crippen molar-refractivity contribution in [1.82, 2.24) is 0 Å². The Morgan fingerprint density at radius 3 is 1.74 bits per heavy atom. The van der Waals surface area contributed by atoms with Gasteiger partial charge in [0.1, 0.15) is 11.5 Å². The van der Waals surface area contributed by atoms with Gasteiger partial charge in [-0.3, -0.25) is 0 Å². The van der Waals surface area contributed by atoms with Gasteiger partial charge in [0, 0.05) is 16.5 Å². The number of aryl methyl sites for hydroxylation is 4. The SMILES string of the molecule is CCCCc1ccc([Si]2(c3ccc(CCCC)cc3)c3ccc(-c4ccc5c(c4)C(C)(C)c4cc6ccccc6cc4N5c4ccccc4)cc3Oc3c2ccc2cc(C)c(C)cc32)cc1. The highest BCUT2D eigenvalue weighted by Crippen LogP contribution is 2.53. The summed E-state index contributed by atoms with van der Waals surface area (Å²) in [6.07, 6.45) is 6.97. The van der Waals surface area contributed by atoms with E-state index in [1.165, 1.54) is 118 Å². The molecule has 0 fully saturated rings. The van der Waals surface area contributed by atoms with Gasteiger partial charge in [-0.2, -0.15) is 0 Å². The molecule has 0 aliphatic carbocycles. The predicted molar refractivity (Wildman–Crippen MR) is 284 cm³/mol. The van der Waals surface area contributed by atoms with Crippen LogP contribution in [0.5, 0.6) is 11.5 Å². The molecule has 2 aliphatic rings. The molecule has 0 spiro atoms. The molecule has 0 amide bonds. The molecular formula is C63H59NOSi. The largest absolute Gasteiger partial charge is 0.457 e. The van der Waals surface area contributed by atoms with Crippen LogP contribution in [-0.4, -0.2) is 8.07 Å². The zero-order valence-electron chi connectivity index (χ0n) is 39.3. The molecule has 0 bridgehead atoms. The van der Waals surface area contributed by atoms with Gasteiger partial charge in [-0.1, -0.05) is 168 Å². The first-order valence-corrected chi connectivity index (χ1v) is 26.3. The van der Waals surface area contributed by atoms with Gasteiger partial charge in [0.2, 0.25) is 0 Å². The molecular weight excluding hydrogens is 815 g/mol. The highest BCUT2D eigenvalue weighted by Gasteiger charge is 2.49. The maximum Gasteiger partial charge on any atom is 0.188 e. The van der Waals surface area contributed by atoms with Gasteiger partial charge in [-0.15, -0.1) is 0 Å². The zero-order valence-corrected chi connectivity index (χ0v) is 40.3. The van der Waals surface area contributed by atoms with Crippen LogP contribution in [0.2, 0.25) is 0 Å². The van der Waals surface area contributed by atoms with E-state index in [4.69, 9.17) is 4.74 Å². The predicted octanol–water partition coefficient (Wildman–Crippen LogP) is 14.6. The smallest absolute Gasteiger partial charge is 0.188 e. The Bertz CT molecular complexity index is 3240. The van der Waals surface area contributed by atoms with E-state index in [1.54, 1.807) is 0 Å². The van der Waals surface area contributed by atoms with Gasteiger partial charge in [-0.25, -0.2) is 0 Å². The summed E-state index contributed by atoms with van der Waals surface area (Å²) >= 11 is 0. The van der Waals surface area contributed by atoms with Crippen molar-refractivity contribution < 1.29 is 4.74 Å². The molecule has 2 nitrogen and oxygen atoms in total. The number of hydrogen-bond acceptors (Lipinski definition) is 2. The Balaban J connectivity index is 1.13. The molecule has 0 saturated carbocycles. The second-order valence-corrected chi connectivity index (χ2v) is 23.2. The third-order valence-electron chi connectivity index (χ3n) is 15.0. The number of benzene rings is 9. The lowest BCUT2D eigenvalue weighted by Gasteiger charge is -2.42. The first-order chi connectivity index (χ1) is 32.2. The molecule has 2 heterocycles. The molecule has 0 atom stereocenters. The van der Waals surface area contributed by atoms with E-state index in [9.17, 15) is 0 Å². The van der Waals surface area contributed by atoms with Crippen LogP contribution in [0.25, 0.3) is 32.7 Å². The van der Waals surface area contributed by atoms with Gasteiger partial charge in [-0.05, 0) is 169 Å². The van der Waals surface area contributed by atoms with Crippen molar-refractivity contribution in [3.8, 4) is 22.6 Å². The lowest BCUT2D eigenvalue weighted by Crippen LogP contribution is -2.76. The maximum absolute atomic E-state index is 7.44. The normalized spacial score (nSPS) is 14.3. The van der Waals surface area contributed by atoms with Gasteiger partial charge in [0.05, 0.1) is 11.4 Å². The fourth-order valence-corrected chi connectivity index (χ4v) is 16.1. The van der Waals surface area contributed by atoms with E-state index < -0.39 is 8.07 Å². The average Bonchev–Trinajstić information content (AvgIpc) is 3.35. The molecule has 0 unspecified atom stereocenters. The van der Waals surface area contributed by atoms with Crippen LogP contribution in [0, 0.1) is 13.8 Å². The quantitative estimate of drug-likeness (QED) is 0.127. The second-order valence-electron chi connectivity index (χ2n) is 19.5. The Labute approximate surface area is 392 Å². The van der Waals surface area contributed by atoms with Gasteiger partial charge in [0.25, 0.3) is 0 Å². The summed E-state index contributed by atoms with van der Waals surface area (Å²) in [5.74, 6) is 1.97. The molecule has 0 saturated heterocycles. The molecule has 11 rings (SSSR count). The number of nitrogens with zero attached hydrogens (tertiary/aromatic N) is 1. The highest BCUT2D eigenvalue weighted by atomic mass is 28.3. The minimum absolute atomic E-state index is 0.261. The Hall–Kier alpha value is -6.68. The number of hydrogen-bond donors (Lipinski definition) is 0. The van der Waals surface area contributed by atoms with Crippen LogP contribution in [0.3, 0.4) is 0 Å².